The number of amides is 1. The van der Waals surface area contributed by atoms with Crippen molar-refractivity contribution in [3.63, 3.8) is 0 Å². The molecule has 2 N–H and O–H groups in total. The molecule has 2 fully saturated rings. The van der Waals surface area contributed by atoms with Gasteiger partial charge in [0.05, 0.1) is 6.04 Å². The molecule has 1 atom stereocenters. The molecule has 1 unspecified atom stereocenters. The number of carbonyl (C=O) groups is 1. The van der Waals surface area contributed by atoms with Crippen molar-refractivity contribution in [2.24, 2.45) is 5.92 Å². The Hall–Kier alpha value is -0.610. The highest BCUT2D eigenvalue weighted by Crippen LogP contribution is 2.28. The van der Waals surface area contributed by atoms with E-state index in [1.54, 1.807) is 0 Å². The van der Waals surface area contributed by atoms with Crippen LogP contribution in [-0.4, -0.2) is 38.3 Å². The van der Waals surface area contributed by atoms with Gasteiger partial charge in [-0.15, -0.1) is 0 Å². The summed E-state index contributed by atoms with van der Waals surface area (Å²) in [5.74, 6) is 0.983. The predicted octanol–water partition coefficient (Wildman–Crippen LogP) is 0.671. The van der Waals surface area contributed by atoms with Crippen LogP contribution in [0.15, 0.2) is 0 Å². The molecule has 2 rings (SSSR count). The first-order valence-corrected chi connectivity index (χ1v) is 6.45. The summed E-state index contributed by atoms with van der Waals surface area (Å²) in [6.45, 7) is 3.40. The number of nitrogens with one attached hydrogen (secondary N) is 2. The Morgan fingerprint density at radius 3 is 2.94 bits per heavy atom. The Kier molecular flexibility index (Phi) is 4.60. The maximum atomic E-state index is 11.6. The molecule has 0 aromatic carbocycles. The largest absolute Gasteiger partial charge is 0.381 e. The molecule has 1 amide bonds. The van der Waals surface area contributed by atoms with Crippen LogP contribution >= 0.6 is 0 Å². The minimum absolute atomic E-state index is 0.0485. The minimum Gasteiger partial charge on any atom is -0.381 e. The van der Waals surface area contributed by atoms with E-state index in [1.165, 1.54) is 12.8 Å². The highest BCUT2D eigenvalue weighted by atomic mass is 16.5. The van der Waals surface area contributed by atoms with Crippen LogP contribution in [0, 0.1) is 5.92 Å². The molecule has 16 heavy (non-hydrogen) atoms. The third-order valence-corrected chi connectivity index (χ3v) is 3.19. The average molecular weight is 226 g/mol. The van der Waals surface area contributed by atoms with Crippen molar-refractivity contribution in [3.05, 3.63) is 0 Å². The van der Waals surface area contributed by atoms with Crippen LogP contribution in [0.5, 0.6) is 0 Å². The number of hydrogen-bond acceptors (Lipinski definition) is 3. The van der Waals surface area contributed by atoms with Gasteiger partial charge in [-0.2, -0.15) is 0 Å². The molecule has 1 aliphatic heterocycles. The standard InChI is InChI=1S/C12H22N2O2/c15-12(11-3-1-6-13-11)14-7-2-8-16-9-10-4-5-10/h10-11,13H,1-9H2,(H,14,15). The summed E-state index contributed by atoms with van der Waals surface area (Å²) in [7, 11) is 0. The molecule has 1 heterocycles. The van der Waals surface area contributed by atoms with Gasteiger partial charge in [0.15, 0.2) is 0 Å². The monoisotopic (exact) mass is 226 g/mol. The Bertz CT molecular complexity index is 223. The van der Waals surface area contributed by atoms with Crippen molar-refractivity contribution in [1.82, 2.24) is 10.6 Å². The van der Waals surface area contributed by atoms with Crippen LogP contribution in [0.4, 0.5) is 0 Å². The Morgan fingerprint density at radius 2 is 2.25 bits per heavy atom. The SMILES string of the molecule is O=C(NCCCOCC1CC1)C1CCCN1. The smallest absolute Gasteiger partial charge is 0.237 e. The van der Waals surface area contributed by atoms with Crippen LogP contribution in [0.2, 0.25) is 0 Å². The Balaban J connectivity index is 1.42. The first-order valence-electron chi connectivity index (χ1n) is 6.45. The van der Waals surface area contributed by atoms with Gasteiger partial charge in [-0.1, -0.05) is 0 Å². The van der Waals surface area contributed by atoms with Crippen LogP contribution in [0.25, 0.3) is 0 Å². The maximum Gasteiger partial charge on any atom is 0.237 e. The molecule has 0 spiro atoms. The molecule has 0 aromatic rings. The summed E-state index contributed by atoms with van der Waals surface area (Å²) < 4.78 is 5.50. The maximum absolute atomic E-state index is 11.6. The van der Waals surface area contributed by atoms with E-state index < -0.39 is 0 Å². The zero-order valence-corrected chi connectivity index (χ0v) is 9.84. The quantitative estimate of drug-likeness (QED) is 0.627. The molecule has 1 saturated carbocycles. The van der Waals surface area contributed by atoms with Crippen molar-refractivity contribution in [2.45, 2.75) is 38.1 Å². The number of carbonyl (C=O) groups excluding carboxylic acids is 1. The lowest BCUT2D eigenvalue weighted by Crippen LogP contribution is -2.40. The lowest BCUT2D eigenvalue weighted by molar-refractivity contribution is -0.122. The summed E-state index contributed by atoms with van der Waals surface area (Å²) in [5, 5.41) is 6.14. The predicted molar refractivity (Wildman–Crippen MR) is 62.2 cm³/mol. The van der Waals surface area contributed by atoms with Gasteiger partial charge in [0.2, 0.25) is 5.91 Å². The summed E-state index contributed by atoms with van der Waals surface area (Å²) in [4.78, 5) is 11.6. The van der Waals surface area contributed by atoms with Gasteiger partial charge >= 0.3 is 0 Å². The summed E-state index contributed by atoms with van der Waals surface area (Å²) in [6.07, 6.45) is 5.69. The van der Waals surface area contributed by atoms with Crippen molar-refractivity contribution in [2.75, 3.05) is 26.3 Å². The molecule has 1 saturated heterocycles. The van der Waals surface area contributed by atoms with Gasteiger partial charge in [-0.3, -0.25) is 4.79 Å². The molecule has 92 valence electrons. The van der Waals surface area contributed by atoms with Crippen molar-refractivity contribution >= 4 is 5.91 Å². The van der Waals surface area contributed by atoms with E-state index in [0.29, 0.717) is 0 Å². The fourth-order valence-corrected chi connectivity index (χ4v) is 1.95. The first kappa shape index (κ1) is 11.9. The van der Waals surface area contributed by atoms with E-state index in [2.05, 4.69) is 10.6 Å². The van der Waals surface area contributed by atoms with Crippen molar-refractivity contribution in [3.8, 4) is 0 Å². The molecule has 1 aliphatic carbocycles. The normalized spacial score (nSPS) is 24.6. The highest BCUT2D eigenvalue weighted by molar-refractivity contribution is 5.81. The van der Waals surface area contributed by atoms with Crippen molar-refractivity contribution in [1.29, 1.82) is 0 Å². The van der Waals surface area contributed by atoms with Gasteiger partial charge in [0, 0.05) is 19.8 Å². The van der Waals surface area contributed by atoms with E-state index in [4.69, 9.17) is 4.74 Å². The molecule has 4 nitrogen and oxygen atoms in total. The molecular weight excluding hydrogens is 204 g/mol. The fourth-order valence-electron chi connectivity index (χ4n) is 1.95. The topological polar surface area (TPSA) is 50.4 Å². The third kappa shape index (κ3) is 4.10. The molecule has 0 aromatic heterocycles. The van der Waals surface area contributed by atoms with Gasteiger partial charge < -0.3 is 15.4 Å². The zero-order chi connectivity index (χ0) is 11.2. The second kappa shape index (κ2) is 6.21. The van der Waals surface area contributed by atoms with Gasteiger partial charge in [-0.25, -0.2) is 0 Å². The van der Waals surface area contributed by atoms with Crippen LogP contribution in [0.3, 0.4) is 0 Å². The summed E-state index contributed by atoms with van der Waals surface area (Å²) in [5.41, 5.74) is 0. The van der Waals surface area contributed by atoms with E-state index in [-0.39, 0.29) is 11.9 Å². The van der Waals surface area contributed by atoms with E-state index in [1.807, 2.05) is 0 Å². The Labute approximate surface area is 97.1 Å². The molecule has 0 bridgehead atoms. The van der Waals surface area contributed by atoms with Gasteiger partial charge in [0.1, 0.15) is 0 Å². The van der Waals surface area contributed by atoms with Crippen LogP contribution in [-0.2, 0) is 9.53 Å². The summed E-state index contributed by atoms with van der Waals surface area (Å²) in [6, 6.07) is 0.0485. The van der Waals surface area contributed by atoms with Crippen LogP contribution < -0.4 is 10.6 Å². The lowest BCUT2D eigenvalue weighted by Gasteiger charge is -2.10. The lowest BCUT2D eigenvalue weighted by atomic mass is 10.2. The van der Waals surface area contributed by atoms with E-state index in [0.717, 1.165) is 51.5 Å². The fraction of sp³-hybridized carbons (Fsp3) is 0.917. The molecule has 0 radical (unpaired) electrons. The molecule has 4 heteroatoms. The van der Waals surface area contributed by atoms with Crippen LogP contribution in [0.1, 0.15) is 32.1 Å². The second-order valence-electron chi connectivity index (χ2n) is 4.81. The minimum atomic E-state index is 0.0485. The zero-order valence-electron chi connectivity index (χ0n) is 9.84. The molecular formula is C12H22N2O2. The highest BCUT2D eigenvalue weighted by Gasteiger charge is 2.22. The van der Waals surface area contributed by atoms with Gasteiger partial charge in [-0.05, 0) is 44.6 Å². The second-order valence-corrected chi connectivity index (χ2v) is 4.81. The van der Waals surface area contributed by atoms with Gasteiger partial charge in [0.25, 0.3) is 0 Å². The number of ether oxygens (including phenoxy) is 1. The average Bonchev–Trinajstić information content (AvgIpc) is 2.95. The number of hydrogen-bond donors (Lipinski definition) is 2. The van der Waals surface area contributed by atoms with E-state index >= 15 is 0 Å². The first-order chi connectivity index (χ1) is 7.86. The Morgan fingerprint density at radius 1 is 1.38 bits per heavy atom. The van der Waals surface area contributed by atoms with E-state index in [9.17, 15) is 4.79 Å². The number of rotatable bonds is 7. The molecule has 2 aliphatic rings. The van der Waals surface area contributed by atoms with Crippen molar-refractivity contribution < 1.29 is 9.53 Å². The summed E-state index contributed by atoms with van der Waals surface area (Å²) >= 11 is 0. The third-order valence-electron chi connectivity index (χ3n) is 3.19.